The van der Waals surface area contributed by atoms with Crippen LogP contribution in [-0.2, 0) is 0 Å². The average molecular weight is 368 g/mol. The normalized spacial score (nSPS) is 10.3. The number of pyridine rings is 1. The number of halogens is 2. The second-order valence-corrected chi connectivity index (χ2v) is 5.68. The minimum atomic E-state index is 0.739. The van der Waals surface area contributed by atoms with Crippen LogP contribution in [0.4, 0.5) is 0 Å². The van der Waals surface area contributed by atoms with Crippen LogP contribution in [0, 0.1) is 3.01 Å². The fourth-order valence-electron chi connectivity index (χ4n) is 0.856. The second-order valence-electron chi connectivity index (χ2n) is 2.26. The van der Waals surface area contributed by atoms with Crippen molar-refractivity contribution >= 4 is 50.1 Å². The average Bonchev–Trinajstić information content (AvgIpc) is 2.52. The Bertz CT molecular complexity index is 431. The predicted molar refractivity (Wildman–Crippen MR) is 63.6 cm³/mol. The first-order valence-corrected chi connectivity index (χ1v) is 6.00. The molecule has 0 saturated carbocycles. The molecule has 0 unspecified atom stereocenters. The third-order valence-corrected chi connectivity index (χ3v) is 3.14. The molecule has 0 radical (unpaired) electrons. The summed E-state index contributed by atoms with van der Waals surface area (Å²) in [6, 6.07) is 1.95. The molecular formula is C7H3BrIN3S. The lowest BCUT2D eigenvalue weighted by Gasteiger charge is -1.93. The highest BCUT2D eigenvalue weighted by Crippen LogP contribution is 2.20. The third-order valence-electron chi connectivity index (χ3n) is 1.36. The van der Waals surface area contributed by atoms with Gasteiger partial charge in [-0.05, 0) is 56.1 Å². The summed E-state index contributed by atoms with van der Waals surface area (Å²) in [5.41, 5.74) is 0.938. The molecule has 0 atom stereocenters. The van der Waals surface area contributed by atoms with Crippen LogP contribution >= 0.6 is 50.1 Å². The van der Waals surface area contributed by atoms with Gasteiger partial charge in [-0.2, -0.15) is 4.37 Å². The zero-order valence-electron chi connectivity index (χ0n) is 6.24. The first kappa shape index (κ1) is 9.47. The van der Waals surface area contributed by atoms with Crippen molar-refractivity contribution in [3.8, 4) is 11.4 Å². The van der Waals surface area contributed by atoms with Gasteiger partial charge in [0.1, 0.15) is 0 Å². The summed E-state index contributed by atoms with van der Waals surface area (Å²) in [4.78, 5) is 8.30. The zero-order chi connectivity index (χ0) is 9.26. The highest BCUT2D eigenvalue weighted by Gasteiger charge is 2.04. The molecule has 0 aliphatic heterocycles. The number of nitrogens with zero attached hydrogens (tertiary/aromatic N) is 3. The van der Waals surface area contributed by atoms with Gasteiger partial charge in [-0.25, -0.2) is 4.98 Å². The molecule has 0 N–H and O–H groups in total. The van der Waals surface area contributed by atoms with Crippen molar-refractivity contribution in [1.29, 1.82) is 0 Å². The monoisotopic (exact) mass is 367 g/mol. The van der Waals surface area contributed by atoms with Crippen LogP contribution in [0.15, 0.2) is 22.9 Å². The molecule has 0 aliphatic rings. The van der Waals surface area contributed by atoms with E-state index in [9.17, 15) is 0 Å². The Labute approximate surface area is 101 Å². The molecule has 2 aromatic heterocycles. The molecule has 0 saturated heterocycles. The molecular weight excluding hydrogens is 365 g/mol. The fraction of sp³-hybridized carbons (Fsp3) is 0. The number of hydrogen-bond acceptors (Lipinski definition) is 4. The predicted octanol–water partition coefficient (Wildman–Crippen LogP) is 2.97. The van der Waals surface area contributed by atoms with Crippen molar-refractivity contribution in [1.82, 2.24) is 14.3 Å². The van der Waals surface area contributed by atoms with Crippen molar-refractivity contribution in [3.05, 3.63) is 25.9 Å². The molecule has 0 bridgehead atoms. The smallest absolute Gasteiger partial charge is 0.175 e. The first-order chi connectivity index (χ1) is 6.25. The topological polar surface area (TPSA) is 38.7 Å². The Balaban J connectivity index is 2.46. The largest absolute Gasteiger partial charge is 0.263 e. The minimum absolute atomic E-state index is 0.739. The first-order valence-electron chi connectivity index (χ1n) is 3.36. The lowest BCUT2D eigenvalue weighted by Crippen LogP contribution is -1.82. The molecule has 2 heterocycles. The summed E-state index contributed by atoms with van der Waals surface area (Å²) in [5, 5.41) is 0. The van der Waals surface area contributed by atoms with Crippen molar-refractivity contribution < 1.29 is 0 Å². The highest BCUT2D eigenvalue weighted by atomic mass is 127. The Morgan fingerprint density at radius 3 is 2.85 bits per heavy atom. The van der Waals surface area contributed by atoms with Gasteiger partial charge in [0.25, 0.3) is 0 Å². The molecule has 66 valence electrons. The molecule has 0 aromatic carbocycles. The van der Waals surface area contributed by atoms with Gasteiger partial charge in [0.15, 0.2) is 8.84 Å². The molecule has 6 heteroatoms. The molecule has 2 aromatic rings. The van der Waals surface area contributed by atoms with Crippen LogP contribution in [-0.4, -0.2) is 14.3 Å². The zero-order valence-corrected chi connectivity index (χ0v) is 10.8. The standard InChI is InChI=1S/C7H3BrIN3S/c8-5-1-4(2-10-3-5)6-11-7(9)13-12-6/h1-3H. The van der Waals surface area contributed by atoms with Crippen molar-refractivity contribution in [2.45, 2.75) is 0 Å². The van der Waals surface area contributed by atoms with Gasteiger partial charge in [-0.1, -0.05) is 0 Å². The lowest BCUT2D eigenvalue weighted by molar-refractivity contribution is 1.25. The summed E-state index contributed by atoms with van der Waals surface area (Å²) in [6.07, 6.45) is 3.49. The van der Waals surface area contributed by atoms with E-state index < -0.39 is 0 Å². The van der Waals surface area contributed by atoms with E-state index in [1.165, 1.54) is 11.5 Å². The maximum absolute atomic E-state index is 4.26. The van der Waals surface area contributed by atoms with Crippen LogP contribution in [0.25, 0.3) is 11.4 Å². The maximum atomic E-state index is 4.26. The summed E-state index contributed by atoms with van der Waals surface area (Å²) < 4.78 is 6.07. The quantitative estimate of drug-likeness (QED) is 0.727. The number of aromatic nitrogens is 3. The van der Waals surface area contributed by atoms with Crippen LogP contribution < -0.4 is 0 Å². The van der Waals surface area contributed by atoms with Gasteiger partial charge < -0.3 is 0 Å². The van der Waals surface area contributed by atoms with Crippen LogP contribution in [0.1, 0.15) is 0 Å². The van der Waals surface area contributed by atoms with Crippen LogP contribution in [0.5, 0.6) is 0 Å². The minimum Gasteiger partial charge on any atom is -0.263 e. The van der Waals surface area contributed by atoms with E-state index in [2.05, 4.69) is 52.9 Å². The maximum Gasteiger partial charge on any atom is 0.175 e. The molecule has 0 aliphatic carbocycles. The third kappa shape index (κ3) is 2.23. The van der Waals surface area contributed by atoms with E-state index >= 15 is 0 Å². The van der Waals surface area contributed by atoms with E-state index in [0.717, 1.165) is 18.9 Å². The van der Waals surface area contributed by atoms with Crippen LogP contribution in [0.3, 0.4) is 0 Å². The molecule has 0 amide bonds. The van der Waals surface area contributed by atoms with Crippen molar-refractivity contribution in [2.75, 3.05) is 0 Å². The Kier molecular flexibility index (Phi) is 2.89. The van der Waals surface area contributed by atoms with Gasteiger partial charge in [0.05, 0.1) is 0 Å². The van der Waals surface area contributed by atoms with Crippen molar-refractivity contribution in [3.63, 3.8) is 0 Å². The Morgan fingerprint density at radius 2 is 2.23 bits per heavy atom. The van der Waals surface area contributed by atoms with E-state index in [1.54, 1.807) is 12.4 Å². The van der Waals surface area contributed by atoms with Gasteiger partial charge in [0, 0.05) is 22.4 Å². The summed E-state index contributed by atoms with van der Waals surface area (Å²) >= 11 is 6.89. The Morgan fingerprint density at radius 1 is 1.38 bits per heavy atom. The highest BCUT2D eigenvalue weighted by molar-refractivity contribution is 14.1. The van der Waals surface area contributed by atoms with Crippen LogP contribution in [0.2, 0.25) is 0 Å². The summed E-state index contributed by atoms with van der Waals surface area (Å²) in [5.74, 6) is 0.739. The molecule has 3 nitrogen and oxygen atoms in total. The van der Waals surface area contributed by atoms with Gasteiger partial charge in [-0.3, -0.25) is 4.98 Å². The number of rotatable bonds is 1. The van der Waals surface area contributed by atoms with Gasteiger partial charge in [0.2, 0.25) is 0 Å². The summed E-state index contributed by atoms with van der Waals surface area (Å²) in [7, 11) is 0. The molecule has 0 fully saturated rings. The van der Waals surface area contributed by atoms with Gasteiger partial charge >= 0.3 is 0 Å². The number of hydrogen-bond donors (Lipinski definition) is 0. The van der Waals surface area contributed by atoms with Crippen molar-refractivity contribution in [2.24, 2.45) is 0 Å². The van der Waals surface area contributed by atoms with E-state index in [1.807, 2.05) is 6.07 Å². The SMILES string of the molecule is Brc1cncc(-c2nsc(I)n2)c1. The molecule has 0 spiro atoms. The van der Waals surface area contributed by atoms with E-state index in [0.29, 0.717) is 0 Å². The lowest BCUT2D eigenvalue weighted by atomic mass is 10.3. The molecule has 13 heavy (non-hydrogen) atoms. The Hall–Kier alpha value is -0.0800. The van der Waals surface area contributed by atoms with E-state index in [4.69, 9.17) is 0 Å². The molecule has 2 rings (SSSR count). The fourth-order valence-corrected chi connectivity index (χ4v) is 2.18. The summed E-state index contributed by atoms with van der Waals surface area (Å²) in [6.45, 7) is 0. The second kappa shape index (κ2) is 3.97. The van der Waals surface area contributed by atoms with E-state index in [-0.39, 0.29) is 0 Å². The van der Waals surface area contributed by atoms with Gasteiger partial charge in [-0.15, -0.1) is 0 Å².